The molecule has 0 saturated carbocycles. The average molecular weight is 476 g/mol. The highest BCUT2D eigenvalue weighted by Crippen LogP contribution is 2.30. The zero-order valence-corrected chi connectivity index (χ0v) is 18.8. The van der Waals surface area contributed by atoms with Gasteiger partial charge in [0, 0.05) is 31.8 Å². The van der Waals surface area contributed by atoms with Crippen LogP contribution < -0.4 is 0 Å². The highest BCUT2D eigenvalue weighted by molar-refractivity contribution is 5.93. The Hall–Kier alpha value is -3.80. The van der Waals surface area contributed by atoms with Gasteiger partial charge < -0.3 is 9.80 Å². The van der Waals surface area contributed by atoms with Gasteiger partial charge in [-0.15, -0.1) is 5.10 Å². The first-order valence-corrected chi connectivity index (χ1v) is 10.2. The summed E-state index contributed by atoms with van der Waals surface area (Å²) >= 11 is 0. The molecule has 0 saturated heterocycles. The van der Waals surface area contributed by atoms with E-state index in [1.54, 1.807) is 13.0 Å². The zero-order chi connectivity index (χ0) is 25.0. The lowest BCUT2D eigenvalue weighted by Crippen LogP contribution is -2.36. The molecule has 0 unspecified atom stereocenters. The number of carbonyl (C=O) groups is 1. The topological polar surface area (TPSA) is 97.4 Å². The maximum Gasteiger partial charge on any atom is 0.416 e. The molecule has 2 aromatic carbocycles. The maximum atomic E-state index is 13.3. The van der Waals surface area contributed by atoms with Crippen molar-refractivity contribution in [2.45, 2.75) is 19.6 Å². The van der Waals surface area contributed by atoms with Crippen molar-refractivity contribution < 1.29 is 22.9 Å². The first-order valence-electron chi connectivity index (χ1n) is 10.2. The van der Waals surface area contributed by atoms with Crippen molar-refractivity contribution in [3.63, 3.8) is 0 Å². The van der Waals surface area contributed by atoms with Gasteiger partial charge in [-0.05, 0) is 44.8 Å². The highest BCUT2D eigenvalue weighted by atomic mass is 19.4. The van der Waals surface area contributed by atoms with Crippen LogP contribution in [0.15, 0.2) is 48.5 Å². The molecule has 34 heavy (non-hydrogen) atoms. The first-order chi connectivity index (χ1) is 16.0. The number of hydrogen-bond acceptors (Lipinski definition) is 6. The Morgan fingerprint density at radius 1 is 1.12 bits per heavy atom. The first kappa shape index (κ1) is 24.8. The molecule has 0 radical (unpaired) electrons. The third kappa shape index (κ3) is 5.76. The van der Waals surface area contributed by atoms with Crippen LogP contribution >= 0.6 is 0 Å². The average Bonchev–Trinajstić information content (AvgIpc) is 3.17. The van der Waals surface area contributed by atoms with Gasteiger partial charge in [-0.1, -0.05) is 23.4 Å². The molecule has 9 nitrogen and oxygen atoms in total. The molecule has 0 fully saturated rings. The molecular formula is C22H23F3N6O3. The fraction of sp³-hybridized carbons (Fsp3) is 0.318. The van der Waals surface area contributed by atoms with Crippen molar-refractivity contribution in [3.05, 3.63) is 81.2 Å². The van der Waals surface area contributed by atoms with E-state index < -0.39 is 22.6 Å². The summed E-state index contributed by atoms with van der Waals surface area (Å²) in [5, 5.41) is 19.0. The van der Waals surface area contributed by atoms with Gasteiger partial charge in [-0.25, -0.2) is 4.68 Å². The van der Waals surface area contributed by atoms with Crippen molar-refractivity contribution in [3.8, 4) is 5.69 Å². The van der Waals surface area contributed by atoms with Gasteiger partial charge in [-0.3, -0.25) is 14.9 Å². The zero-order valence-electron chi connectivity index (χ0n) is 18.8. The minimum atomic E-state index is -4.49. The van der Waals surface area contributed by atoms with Crippen LogP contribution in [0, 0.1) is 17.0 Å². The molecule has 0 aliphatic heterocycles. The van der Waals surface area contributed by atoms with Crippen molar-refractivity contribution >= 4 is 11.6 Å². The summed E-state index contributed by atoms with van der Waals surface area (Å²) in [6.07, 6.45) is -4.49. The van der Waals surface area contributed by atoms with Crippen LogP contribution in [0.4, 0.5) is 18.9 Å². The van der Waals surface area contributed by atoms with Gasteiger partial charge in [0.15, 0.2) is 5.69 Å². The number of hydrogen-bond donors (Lipinski definition) is 0. The molecule has 0 aliphatic rings. The molecule has 0 aliphatic carbocycles. The molecular weight excluding hydrogens is 453 g/mol. The molecule has 12 heteroatoms. The third-order valence-corrected chi connectivity index (χ3v) is 5.11. The highest BCUT2D eigenvalue weighted by Gasteiger charge is 2.31. The molecule has 0 bridgehead atoms. The molecule has 1 amide bonds. The molecule has 1 aromatic heterocycles. The fourth-order valence-corrected chi connectivity index (χ4v) is 3.30. The van der Waals surface area contributed by atoms with Crippen LogP contribution in [0.3, 0.4) is 0 Å². The number of carbonyl (C=O) groups excluding carboxylic acids is 1. The Morgan fingerprint density at radius 2 is 1.82 bits per heavy atom. The minimum absolute atomic E-state index is 0.0113. The van der Waals surface area contributed by atoms with Crippen LogP contribution in [-0.2, 0) is 12.7 Å². The van der Waals surface area contributed by atoms with E-state index in [1.807, 2.05) is 19.0 Å². The largest absolute Gasteiger partial charge is 0.416 e. The number of nitro groups is 1. The SMILES string of the molecule is Cc1c(C(=O)N(CCN(C)C)Cc2cccc(C(F)(F)F)c2)nnn1-c1cccc([N+](=O)[O-])c1. The summed E-state index contributed by atoms with van der Waals surface area (Å²) in [4.78, 5) is 27.1. The number of rotatable bonds is 8. The Morgan fingerprint density at radius 3 is 2.47 bits per heavy atom. The lowest BCUT2D eigenvalue weighted by atomic mass is 10.1. The second kappa shape index (κ2) is 10.00. The number of halogens is 3. The van der Waals surface area contributed by atoms with E-state index in [0.29, 0.717) is 23.5 Å². The van der Waals surface area contributed by atoms with Crippen molar-refractivity contribution in [2.24, 2.45) is 0 Å². The summed E-state index contributed by atoms with van der Waals surface area (Å²) in [7, 11) is 3.63. The lowest BCUT2D eigenvalue weighted by molar-refractivity contribution is -0.384. The number of nitrogens with zero attached hydrogens (tertiary/aromatic N) is 6. The Labute approximate surface area is 193 Å². The van der Waals surface area contributed by atoms with Crippen molar-refractivity contribution in [1.82, 2.24) is 24.8 Å². The second-order valence-electron chi connectivity index (χ2n) is 7.94. The summed E-state index contributed by atoms with van der Waals surface area (Å²) in [6.45, 7) is 2.26. The fourth-order valence-electron chi connectivity index (χ4n) is 3.30. The third-order valence-electron chi connectivity index (χ3n) is 5.11. The quantitative estimate of drug-likeness (QED) is 0.363. The minimum Gasteiger partial charge on any atom is -0.332 e. The van der Waals surface area contributed by atoms with Crippen LogP contribution in [-0.4, -0.2) is 62.8 Å². The normalized spacial score (nSPS) is 11.6. The Bertz CT molecular complexity index is 1190. The number of non-ortho nitro benzene ring substituents is 1. The summed E-state index contributed by atoms with van der Waals surface area (Å²) in [6, 6.07) is 10.5. The van der Waals surface area contributed by atoms with Gasteiger partial charge in [-0.2, -0.15) is 13.2 Å². The number of aromatic nitrogens is 3. The number of amides is 1. The number of alkyl halides is 3. The van der Waals surface area contributed by atoms with Crippen LogP contribution in [0.25, 0.3) is 5.69 Å². The predicted molar refractivity (Wildman–Crippen MR) is 117 cm³/mol. The lowest BCUT2D eigenvalue weighted by Gasteiger charge is -2.24. The molecule has 0 atom stereocenters. The number of likely N-dealkylation sites (N-methyl/N-ethyl adjacent to an activating group) is 1. The van der Waals surface area contributed by atoms with Crippen LogP contribution in [0.1, 0.15) is 27.3 Å². The van der Waals surface area contributed by atoms with Gasteiger partial charge in [0.1, 0.15) is 0 Å². The predicted octanol–water partition coefficient (Wildman–Crippen LogP) is 3.71. The van der Waals surface area contributed by atoms with E-state index in [4.69, 9.17) is 0 Å². The second-order valence-corrected chi connectivity index (χ2v) is 7.94. The molecule has 0 spiro atoms. The number of benzene rings is 2. The summed E-state index contributed by atoms with van der Waals surface area (Å²) < 4.78 is 40.7. The van der Waals surface area contributed by atoms with E-state index in [-0.39, 0.29) is 24.5 Å². The maximum absolute atomic E-state index is 13.3. The Balaban J connectivity index is 1.92. The van der Waals surface area contributed by atoms with Crippen molar-refractivity contribution in [1.29, 1.82) is 0 Å². The molecule has 1 heterocycles. The van der Waals surface area contributed by atoms with Crippen LogP contribution in [0.5, 0.6) is 0 Å². The van der Waals surface area contributed by atoms with E-state index in [0.717, 1.165) is 12.1 Å². The van der Waals surface area contributed by atoms with E-state index >= 15 is 0 Å². The van der Waals surface area contributed by atoms with Gasteiger partial charge in [0.05, 0.1) is 21.9 Å². The monoisotopic (exact) mass is 476 g/mol. The summed E-state index contributed by atoms with van der Waals surface area (Å²) in [5.74, 6) is -0.506. The van der Waals surface area contributed by atoms with Gasteiger partial charge in [0.25, 0.3) is 11.6 Å². The molecule has 3 rings (SSSR count). The van der Waals surface area contributed by atoms with Gasteiger partial charge >= 0.3 is 6.18 Å². The molecule has 3 aromatic rings. The molecule has 0 N–H and O–H groups in total. The van der Waals surface area contributed by atoms with E-state index in [9.17, 15) is 28.1 Å². The van der Waals surface area contributed by atoms with Gasteiger partial charge in [0.2, 0.25) is 0 Å². The Kier molecular flexibility index (Phi) is 7.30. The van der Waals surface area contributed by atoms with Crippen molar-refractivity contribution in [2.75, 3.05) is 27.2 Å². The number of nitro benzene ring substituents is 1. The van der Waals surface area contributed by atoms with E-state index in [1.165, 1.54) is 39.9 Å². The smallest absolute Gasteiger partial charge is 0.332 e. The van der Waals surface area contributed by atoms with Crippen LogP contribution in [0.2, 0.25) is 0 Å². The standard InChI is InChI=1S/C22H23F3N6O3/c1-15-20(26-27-30(15)18-8-5-9-19(13-18)31(33)34)21(32)29(11-10-28(2)3)14-16-6-4-7-17(12-16)22(23,24)25/h4-9,12-13H,10-11,14H2,1-3H3. The van der Waals surface area contributed by atoms with E-state index in [2.05, 4.69) is 10.3 Å². The molecule has 180 valence electrons. The summed E-state index contributed by atoms with van der Waals surface area (Å²) in [5.41, 5.74) is 0.110.